The lowest BCUT2D eigenvalue weighted by Crippen LogP contribution is -2.40. The molecular formula is C22H23NO7S. The summed E-state index contributed by atoms with van der Waals surface area (Å²) < 4.78 is 41.8. The van der Waals surface area contributed by atoms with Crippen molar-refractivity contribution in [3.63, 3.8) is 0 Å². The van der Waals surface area contributed by atoms with Gasteiger partial charge >= 0.3 is 11.9 Å². The fraction of sp³-hybridized carbons (Fsp3) is 0.273. The fourth-order valence-electron chi connectivity index (χ4n) is 2.83. The van der Waals surface area contributed by atoms with Crippen LogP contribution in [0.3, 0.4) is 0 Å². The minimum atomic E-state index is -3.56. The number of rotatable bonds is 8. The first-order valence-electron chi connectivity index (χ1n) is 9.72. The van der Waals surface area contributed by atoms with Crippen molar-refractivity contribution in [1.82, 2.24) is 4.31 Å². The molecule has 0 saturated carbocycles. The van der Waals surface area contributed by atoms with Gasteiger partial charge in [0.1, 0.15) is 13.2 Å². The highest BCUT2D eigenvalue weighted by Gasteiger charge is 2.25. The van der Waals surface area contributed by atoms with E-state index in [1.807, 2.05) is 0 Å². The monoisotopic (exact) mass is 445 g/mol. The number of carbonyl (C=O) groups excluding carboxylic acids is 2. The molecule has 0 spiro atoms. The maximum absolute atomic E-state index is 12.6. The standard InChI is InChI=1S/C22H23NO7S/c24-21(29-16-17-30-22(25)19-4-2-1-3-5-19)11-8-18-6-9-20(10-7-18)31(26,27)23-12-14-28-15-13-23/h1-11H,12-17H2/b11-8+. The Morgan fingerprint density at radius 1 is 0.935 bits per heavy atom. The van der Waals surface area contributed by atoms with Gasteiger partial charge in [0.15, 0.2) is 0 Å². The third kappa shape index (κ3) is 6.48. The van der Waals surface area contributed by atoms with Crippen molar-refractivity contribution in [3.05, 3.63) is 71.8 Å². The minimum absolute atomic E-state index is 0.0542. The average Bonchev–Trinajstić information content (AvgIpc) is 2.81. The molecule has 1 heterocycles. The van der Waals surface area contributed by atoms with Crippen LogP contribution in [-0.2, 0) is 29.0 Å². The first kappa shape index (κ1) is 22.7. The molecule has 0 aliphatic carbocycles. The molecule has 0 N–H and O–H groups in total. The second kappa shape index (κ2) is 10.9. The lowest BCUT2D eigenvalue weighted by Gasteiger charge is -2.26. The third-order valence-corrected chi connectivity index (χ3v) is 6.38. The second-order valence-electron chi connectivity index (χ2n) is 6.59. The van der Waals surface area contributed by atoms with Crippen LogP contribution < -0.4 is 0 Å². The average molecular weight is 445 g/mol. The lowest BCUT2D eigenvalue weighted by molar-refractivity contribution is -0.138. The maximum atomic E-state index is 12.6. The van der Waals surface area contributed by atoms with Gasteiger partial charge in [-0.05, 0) is 35.9 Å². The SMILES string of the molecule is O=C(/C=C/c1ccc(S(=O)(=O)N2CCOCC2)cc1)OCCOC(=O)c1ccccc1. The van der Waals surface area contributed by atoms with E-state index in [1.54, 1.807) is 42.5 Å². The first-order chi connectivity index (χ1) is 15.0. The fourth-order valence-corrected chi connectivity index (χ4v) is 4.24. The van der Waals surface area contributed by atoms with Crippen LogP contribution >= 0.6 is 0 Å². The number of hydrogen-bond donors (Lipinski definition) is 0. The van der Waals surface area contributed by atoms with E-state index >= 15 is 0 Å². The topological polar surface area (TPSA) is 99.2 Å². The lowest BCUT2D eigenvalue weighted by atomic mass is 10.2. The maximum Gasteiger partial charge on any atom is 0.338 e. The Labute approximate surface area is 181 Å². The number of sulfonamides is 1. The Bertz CT molecular complexity index is 1010. The van der Waals surface area contributed by atoms with Crippen molar-refractivity contribution in [2.75, 3.05) is 39.5 Å². The van der Waals surface area contributed by atoms with Crippen LogP contribution in [-0.4, -0.2) is 64.2 Å². The second-order valence-corrected chi connectivity index (χ2v) is 8.53. The number of esters is 2. The zero-order chi connectivity index (χ0) is 22.1. The molecule has 0 aromatic heterocycles. The van der Waals surface area contributed by atoms with Crippen LogP contribution in [0.25, 0.3) is 6.08 Å². The van der Waals surface area contributed by atoms with E-state index in [0.29, 0.717) is 37.4 Å². The quantitative estimate of drug-likeness (QED) is 0.349. The number of morpholine rings is 1. The summed E-state index contributed by atoms with van der Waals surface area (Å²) >= 11 is 0. The van der Waals surface area contributed by atoms with Crippen molar-refractivity contribution >= 4 is 28.0 Å². The Morgan fingerprint density at radius 3 is 2.26 bits per heavy atom. The van der Waals surface area contributed by atoms with Crippen LogP contribution in [0, 0.1) is 0 Å². The summed E-state index contributed by atoms with van der Waals surface area (Å²) in [5, 5.41) is 0. The van der Waals surface area contributed by atoms with E-state index in [2.05, 4.69) is 0 Å². The van der Waals surface area contributed by atoms with Crippen molar-refractivity contribution in [2.45, 2.75) is 4.90 Å². The number of benzene rings is 2. The molecule has 164 valence electrons. The van der Waals surface area contributed by atoms with Crippen molar-refractivity contribution in [3.8, 4) is 0 Å². The first-order valence-corrected chi connectivity index (χ1v) is 11.2. The largest absolute Gasteiger partial charge is 0.459 e. The predicted octanol–water partition coefficient (Wildman–Crippen LogP) is 2.12. The Kier molecular flexibility index (Phi) is 7.94. The summed E-state index contributed by atoms with van der Waals surface area (Å²) in [5.74, 6) is -1.08. The molecule has 1 saturated heterocycles. The van der Waals surface area contributed by atoms with Gasteiger partial charge in [0.05, 0.1) is 23.7 Å². The van der Waals surface area contributed by atoms with Gasteiger partial charge in [0.25, 0.3) is 0 Å². The number of nitrogens with zero attached hydrogens (tertiary/aromatic N) is 1. The van der Waals surface area contributed by atoms with E-state index in [1.165, 1.54) is 28.6 Å². The number of carbonyl (C=O) groups is 2. The molecular weight excluding hydrogens is 422 g/mol. The molecule has 0 unspecified atom stereocenters. The highest BCUT2D eigenvalue weighted by Crippen LogP contribution is 2.18. The van der Waals surface area contributed by atoms with Crippen molar-refractivity contribution < 1.29 is 32.2 Å². The van der Waals surface area contributed by atoms with E-state index < -0.39 is 22.0 Å². The molecule has 1 fully saturated rings. The van der Waals surface area contributed by atoms with E-state index in [0.717, 1.165) is 0 Å². The summed E-state index contributed by atoms with van der Waals surface area (Å²) in [7, 11) is -3.56. The van der Waals surface area contributed by atoms with Gasteiger partial charge in [0.2, 0.25) is 10.0 Å². The zero-order valence-electron chi connectivity index (χ0n) is 16.8. The minimum Gasteiger partial charge on any atom is -0.459 e. The molecule has 2 aromatic rings. The van der Waals surface area contributed by atoms with Gasteiger partial charge in [-0.2, -0.15) is 4.31 Å². The van der Waals surface area contributed by atoms with Crippen molar-refractivity contribution in [2.24, 2.45) is 0 Å². The zero-order valence-corrected chi connectivity index (χ0v) is 17.6. The molecule has 0 atom stereocenters. The van der Waals surface area contributed by atoms with Crippen LogP contribution in [0.4, 0.5) is 0 Å². The highest BCUT2D eigenvalue weighted by molar-refractivity contribution is 7.89. The van der Waals surface area contributed by atoms with Gasteiger partial charge in [-0.1, -0.05) is 30.3 Å². The molecule has 1 aliphatic rings. The highest BCUT2D eigenvalue weighted by atomic mass is 32.2. The van der Waals surface area contributed by atoms with Gasteiger partial charge in [-0.15, -0.1) is 0 Å². The summed E-state index contributed by atoms with van der Waals surface area (Å²) in [5.41, 5.74) is 1.07. The summed E-state index contributed by atoms with van der Waals surface area (Å²) in [6.07, 6.45) is 2.74. The predicted molar refractivity (Wildman–Crippen MR) is 113 cm³/mol. The molecule has 1 aliphatic heterocycles. The van der Waals surface area contributed by atoms with Crippen LogP contribution in [0.1, 0.15) is 15.9 Å². The molecule has 0 bridgehead atoms. The van der Waals surface area contributed by atoms with Crippen LogP contribution in [0.2, 0.25) is 0 Å². The van der Waals surface area contributed by atoms with E-state index in [4.69, 9.17) is 14.2 Å². The molecule has 31 heavy (non-hydrogen) atoms. The van der Waals surface area contributed by atoms with Crippen molar-refractivity contribution in [1.29, 1.82) is 0 Å². The smallest absolute Gasteiger partial charge is 0.338 e. The van der Waals surface area contributed by atoms with Gasteiger partial charge < -0.3 is 14.2 Å². The molecule has 0 amide bonds. The molecule has 9 heteroatoms. The van der Waals surface area contributed by atoms with Gasteiger partial charge in [0, 0.05) is 19.2 Å². The number of ether oxygens (including phenoxy) is 3. The molecule has 0 radical (unpaired) electrons. The number of hydrogen-bond acceptors (Lipinski definition) is 7. The van der Waals surface area contributed by atoms with Gasteiger partial charge in [-0.3, -0.25) is 0 Å². The van der Waals surface area contributed by atoms with Gasteiger partial charge in [-0.25, -0.2) is 18.0 Å². The third-order valence-electron chi connectivity index (χ3n) is 4.47. The Balaban J connectivity index is 1.44. The molecule has 3 rings (SSSR count). The molecule has 2 aromatic carbocycles. The van der Waals surface area contributed by atoms with Crippen LogP contribution in [0.5, 0.6) is 0 Å². The van der Waals surface area contributed by atoms with E-state index in [-0.39, 0.29) is 18.1 Å². The Morgan fingerprint density at radius 2 is 1.58 bits per heavy atom. The van der Waals surface area contributed by atoms with E-state index in [9.17, 15) is 18.0 Å². The summed E-state index contributed by atoms with van der Waals surface area (Å²) in [6, 6.07) is 14.7. The summed E-state index contributed by atoms with van der Waals surface area (Å²) in [4.78, 5) is 23.8. The van der Waals surface area contributed by atoms with Crippen LogP contribution in [0.15, 0.2) is 65.6 Å². The normalized spacial score (nSPS) is 15.0. The molecule has 8 nitrogen and oxygen atoms in total. The Hall–Kier alpha value is -3.01. The summed E-state index contributed by atoms with van der Waals surface area (Å²) in [6.45, 7) is 1.30.